The van der Waals surface area contributed by atoms with Crippen molar-refractivity contribution in [1.82, 2.24) is 5.16 Å². The first-order valence-corrected chi connectivity index (χ1v) is 5.06. The predicted molar refractivity (Wildman–Crippen MR) is 55.3 cm³/mol. The van der Waals surface area contributed by atoms with E-state index in [0.717, 1.165) is 29.7 Å². The van der Waals surface area contributed by atoms with Gasteiger partial charge in [0.25, 0.3) is 0 Å². The van der Waals surface area contributed by atoms with E-state index in [9.17, 15) is 0 Å². The van der Waals surface area contributed by atoms with E-state index in [4.69, 9.17) is 9.63 Å². The molecule has 1 aliphatic carbocycles. The molecule has 15 heavy (non-hydrogen) atoms. The molecule has 1 aliphatic rings. The van der Waals surface area contributed by atoms with E-state index in [1.165, 1.54) is 5.56 Å². The van der Waals surface area contributed by atoms with Gasteiger partial charge in [0.15, 0.2) is 5.76 Å². The number of aliphatic hydroxyl groups excluding tert-OH is 1. The van der Waals surface area contributed by atoms with Crippen molar-refractivity contribution in [1.29, 1.82) is 0 Å². The number of benzene rings is 1. The maximum absolute atomic E-state index is 9.11. The topological polar surface area (TPSA) is 46.3 Å². The first-order chi connectivity index (χ1) is 7.40. The van der Waals surface area contributed by atoms with Crippen LogP contribution in [0.15, 0.2) is 28.8 Å². The molecule has 0 radical (unpaired) electrons. The first kappa shape index (κ1) is 8.68. The molecule has 0 atom stereocenters. The van der Waals surface area contributed by atoms with Crippen molar-refractivity contribution in [2.45, 2.75) is 19.4 Å². The normalized spacial score (nSPS) is 13.4. The van der Waals surface area contributed by atoms with E-state index < -0.39 is 0 Å². The molecule has 0 bridgehead atoms. The molecule has 1 heterocycles. The summed E-state index contributed by atoms with van der Waals surface area (Å²) in [6.45, 7) is -0.0407. The van der Waals surface area contributed by atoms with Crippen LogP contribution in [-0.4, -0.2) is 10.3 Å². The molecule has 1 N–H and O–H groups in total. The summed E-state index contributed by atoms with van der Waals surface area (Å²) in [6, 6.07) is 8.18. The number of rotatable bonds is 1. The van der Waals surface area contributed by atoms with Gasteiger partial charge in [-0.1, -0.05) is 29.4 Å². The van der Waals surface area contributed by atoms with Crippen LogP contribution in [0.2, 0.25) is 0 Å². The number of aliphatic hydroxyl groups is 1. The van der Waals surface area contributed by atoms with Gasteiger partial charge in [-0.3, -0.25) is 0 Å². The van der Waals surface area contributed by atoms with Crippen molar-refractivity contribution in [3.63, 3.8) is 0 Å². The smallest absolute Gasteiger partial charge is 0.170 e. The van der Waals surface area contributed by atoms with E-state index >= 15 is 0 Å². The van der Waals surface area contributed by atoms with Crippen LogP contribution in [0.4, 0.5) is 0 Å². The first-order valence-electron chi connectivity index (χ1n) is 5.06. The van der Waals surface area contributed by atoms with E-state index in [1.807, 2.05) is 18.2 Å². The number of aryl methyl sites for hydroxylation is 1. The van der Waals surface area contributed by atoms with Crippen LogP contribution >= 0.6 is 0 Å². The highest BCUT2D eigenvalue weighted by Gasteiger charge is 2.23. The quantitative estimate of drug-likeness (QED) is 0.766. The van der Waals surface area contributed by atoms with E-state index in [2.05, 4.69) is 11.2 Å². The second-order valence-electron chi connectivity index (χ2n) is 3.75. The Hall–Kier alpha value is -1.61. The fourth-order valence-corrected chi connectivity index (χ4v) is 2.16. The lowest BCUT2D eigenvalue weighted by Gasteiger charge is -2.13. The fourth-order valence-electron chi connectivity index (χ4n) is 2.16. The fraction of sp³-hybridized carbons (Fsp3) is 0.250. The Bertz CT molecular complexity index is 502. The Labute approximate surface area is 87.3 Å². The van der Waals surface area contributed by atoms with Gasteiger partial charge in [-0.05, 0) is 18.4 Å². The van der Waals surface area contributed by atoms with E-state index in [1.54, 1.807) is 0 Å². The molecule has 3 rings (SSSR count). The summed E-state index contributed by atoms with van der Waals surface area (Å²) in [5.74, 6) is 0.834. The molecule has 3 nitrogen and oxygen atoms in total. The summed E-state index contributed by atoms with van der Waals surface area (Å²) in [5.41, 5.74) is 4.16. The molecule has 76 valence electrons. The molecule has 0 spiro atoms. The Morgan fingerprint density at radius 2 is 2.13 bits per heavy atom. The zero-order valence-electron chi connectivity index (χ0n) is 8.23. The van der Waals surface area contributed by atoms with Gasteiger partial charge >= 0.3 is 0 Å². The van der Waals surface area contributed by atoms with Crippen LogP contribution in [0.25, 0.3) is 11.3 Å². The van der Waals surface area contributed by atoms with Crippen molar-refractivity contribution in [2.24, 2.45) is 0 Å². The Morgan fingerprint density at radius 1 is 1.27 bits per heavy atom. The van der Waals surface area contributed by atoms with Crippen LogP contribution in [0.3, 0.4) is 0 Å². The minimum atomic E-state index is -0.0407. The van der Waals surface area contributed by atoms with Crippen LogP contribution in [-0.2, 0) is 19.4 Å². The summed E-state index contributed by atoms with van der Waals surface area (Å²) in [7, 11) is 0. The number of hydrogen-bond acceptors (Lipinski definition) is 3. The summed E-state index contributed by atoms with van der Waals surface area (Å²) in [5, 5.41) is 13.0. The minimum Gasteiger partial charge on any atom is -0.390 e. The average Bonchev–Trinajstić information content (AvgIpc) is 2.72. The number of aromatic nitrogens is 1. The minimum absolute atomic E-state index is 0.0407. The van der Waals surface area contributed by atoms with Gasteiger partial charge in [0.1, 0.15) is 5.69 Å². The zero-order valence-corrected chi connectivity index (χ0v) is 8.23. The molecule has 0 aliphatic heterocycles. The van der Waals surface area contributed by atoms with Crippen LogP contribution < -0.4 is 0 Å². The van der Waals surface area contributed by atoms with Crippen molar-refractivity contribution in [3.05, 3.63) is 41.1 Å². The maximum atomic E-state index is 9.11. The molecule has 0 saturated heterocycles. The lowest BCUT2D eigenvalue weighted by molar-refractivity contribution is 0.266. The number of nitrogens with zero attached hydrogens (tertiary/aromatic N) is 1. The Kier molecular flexibility index (Phi) is 1.86. The second kappa shape index (κ2) is 3.21. The van der Waals surface area contributed by atoms with E-state index in [-0.39, 0.29) is 6.61 Å². The molecule has 0 saturated carbocycles. The van der Waals surface area contributed by atoms with Crippen molar-refractivity contribution < 1.29 is 9.63 Å². The van der Waals surface area contributed by atoms with Crippen LogP contribution in [0.1, 0.15) is 16.8 Å². The molecule has 2 aromatic rings. The highest BCUT2D eigenvalue weighted by Crippen LogP contribution is 2.34. The third-order valence-corrected chi connectivity index (χ3v) is 2.93. The molecule has 0 unspecified atom stereocenters. The Balaban J connectivity index is 2.22. The monoisotopic (exact) mass is 201 g/mol. The standard InChI is InChI=1S/C12H11NO2/c14-7-11-10-6-5-8-3-1-2-4-9(8)12(10)15-13-11/h1-4,14H,5-7H2. The van der Waals surface area contributed by atoms with E-state index in [0.29, 0.717) is 5.69 Å². The van der Waals surface area contributed by atoms with Crippen molar-refractivity contribution >= 4 is 0 Å². The van der Waals surface area contributed by atoms with Crippen molar-refractivity contribution in [2.75, 3.05) is 0 Å². The third-order valence-electron chi connectivity index (χ3n) is 2.93. The molecular weight excluding hydrogens is 190 g/mol. The average molecular weight is 201 g/mol. The predicted octanol–water partition coefficient (Wildman–Crippen LogP) is 1.93. The molecule has 1 aromatic carbocycles. The summed E-state index contributed by atoms with van der Waals surface area (Å²) in [6.07, 6.45) is 1.91. The van der Waals surface area contributed by atoms with Gasteiger partial charge in [0.2, 0.25) is 0 Å². The molecule has 3 heteroatoms. The van der Waals surface area contributed by atoms with Gasteiger partial charge in [-0.2, -0.15) is 0 Å². The summed E-state index contributed by atoms with van der Waals surface area (Å²) in [4.78, 5) is 0. The number of fused-ring (bicyclic) bond motifs is 3. The third kappa shape index (κ3) is 1.20. The highest BCUT2D eigenvalue weighted by molar-refractivity contribution is 5.68. The lowest BCUT2D eigenvalue weighted by Crippen LogP contribution is -2.03. The van der Waals surface area contributed by atoms with Gasteiger partial charge in [0, 0.05) is 11.1 Å². The zero-order chi connectivity index (χ0) is 10.3. The largest absolute Gasteiger partial charge is 0.390 e. The van der Waals surface area contributed by atoms with Crippen molar-refractivity contribution in [3.8, 4) is 11.3 Å². The van der Waals surface area contributed by atoms with Crippen LogP contribution in [0.5, 0.6) is 0 Å². The molecule has 0 amide bonds. The maximum Gasteiger partial charge on any atom is 0.170 e. The SMILES string of the molecule is OCc1noc2c1CCc1ccccc1-2. The molecule has 0 fully saturated rings. The highest BCUT2D eigenvalue weighted by atomic mass is 16.5. The number of hydrogen-bond donors (Lipinski definition) is 1. The van der Waals surface area contributed by atoms with Gasteiger partial charge in [-0.25, -0.2) is 0 Å². The molecule has 1 aromatic heterocycles. The van der Waals surface area contributed by atoms with Gasteiger partial charge < -0.3 is 9.63 Å². The second-order valence-corrected chi connectivity index (χ2v) is 3.75. The van der Waals surface area contributed by atoms with Gasteiger partial charge in [-0.15, -0.1) is 0 Å². The van der Waals surface area contributed by atoms with Crippen LogP contribution in [0, 0.1) is 0 Å². The summed E-state index contributed by atoms with van der Waals surface area (Å²) < 4.78 is 5.29. The molecular formula is C12H11NO2. The Morgan fingerprint density at radius 3 is 3.00 bits per heavy atom. The summed E-state index contributed by atoms with van der Waals surface area (Å²) >= 11 is 0. The lowest BCUT2D eigenvalue weighted by atomic mass is 9.90. The van der Waals surface area contributed by atoms with Gasteiger partial charge in [0.05, 0.1) is 6.61 Å².